The summed E-state index contributed by atoms with van der Waals surface area (Å²) in [6, 6.07) is -1.29. The summed E-state index contributed by atoms with van der Waals surface area (Å²) in [5.41, 5.74) is 0. The van der Waals surface area contributed by atoms with Gasteiger partial charge in [-0.3, -0.25) is 14.5 Å². The molecule has 0 radical (unpaired) electrons. The number of rotatable bonds is 2. The van der Waals surface area contributed by atoms with Gasteiger partial charge in [0.05, 0.1) is 0 Å². The highest BCUT2D eigenvalue weighted by atomic mass is 16.4. The average molecular weight is 187 g/mol. The average Bonchev–Trinajstić information content (AvgIpc) is 2.03. The smallest absolute Gasteiger partial charge is 0.320 e. The highest BCUT2D eigenvalue weighted by Crippen LogP contribution is 2.21. The van der Waals surface area contributed by atoms with E-state index < -0.39 is 24.0 Å². The van der Waals surface area contributed by atoms with Crippen LogP contribution in [0.1, 0.15) is 19.3 Å². The number of hydrogen-bond acceptors (Lipinski definition) is 3. The van der Waals surface area contributed by atoms with Crippen molar-refractivity contribution in [2.75, 3.05) is 7.05 Å². The molecule has 1 rings (SSSR count). The van der Waals surface area contributed by atoms with Gasteiger partial charge in [-0.1, -0.05) is 0 Å². The number of likely N-dealkylation sites (tertiary alicyclic amines) is 1. The predicted molar refractivity (Wildman–Crippen MR) is 44.5 cm³/mol. The first-order valence-corrected chi connectivity index (χ1v) is 4.21. The number of carboxylic acid groups (broad SMARTS) is 2. The maximum Gasteiger partial charge on any atom is 0.320 e. The van der Waals surface area contributed by atoms with Crippen molar-refractivity contribution >= 4 is 11.9 Å². The monoisotopic (exact) mass is 187 g/mol. The van der Waals surface area contributed by atoms with Crippen molar-refractivity contribution in [3.05, 3.63) is 0 Å². The zero-order valence-electron chi connectivity index (χ0n) is 7.43. The Morgan fingerprint density at radius 3 is 1.85 bits per heavy atom. The van der Waals surface area contributed by atoms with Gasteiger partial charge in [-0.05, 0) is 26.3 Å². The second-order valence-corrected chi connectivity index (χ2v) is 3.30. The van der Waals surface area contributed by atoms with Gasteiger partial charge < -0.3 is 10.2 Å². The molecule has 0 spiro atoms. The van der Waals surface area contributed by atoms with E-state index in [1.165, 1.54) is 4.90 Å². The van der Waals surface area contributed by atoms with Crippen LogP contribution in [0.2, 0.25) is 0 Å². The van der Waals surface area contributed by atoms with E-state index in [-0.39, 0.29) is 0 Å². The summed E-state index contributed by atoms with van der Waals surface area (Å²) in [7, 11) is 1.55. The standard InChI is InChI=1S/C8H13NO4/c1-9-5(7(10)11)3-2-4-6(9)8(12)13/h5-6H,2-4H2,1H3,(H,10,11)(H,12,13)/t5-,6?/m0/s1. The Kier molecular flexibility index (Phi) is 2.87. The van der Waals surface area contributed by atoms with Gasteiger partial charge in [-0.15, -0.1) is 0 Å². The third-order valence-corrected chi connectivity index (χ3v) is 2.51. The van der Waals surface area contributed by atoms with Crippen molar-refractivity contribution < 1.29 is 19.8 Å². The van der Waals surface area contributed by atoms with Crippen LogP contribution in [0, 0.1) is 0 Å². The summed E-state index contributed by atoms with van der Waals surface area (Å²) in [5, 5.41) is 17.5. The molecule has 1 aliphatic heterocycles. The first-order chi connectivity index (χ1) is 6.04. The van der Waals surface area contributed by atoms with Crippen LogP contribution < -0.4 is 0 Å². The zero-order valence-corrected chi connectivity index (χ0v) is 7.43. The molecule has 2 N–H and O–H groups in total. The summed E-state index contributed by atoms with van der Waals surface area (Å²) in [6.45, 7) is 0. The second kappa shape index (κ2) is 3.74. The molecule has 1 aliphatic rings. The fraction of sp³-hybridized carbons (Fsp3) is 0.750. The van der Waals surface area contributed by atoms with Crippen LogP contribution in [-0.2, 0) is 9.59 Å². The maximum absolute atomic E-state index is 10.7. The van der Waals surface area contributed by atoms with Crippen LogP contribution in [0.15, 0.2) is 0 Å². The molecule has 2 atom stereocenters. The highest BCUT2D eigenvalue weighted by Gasteiger charge is 2.35. The third-order valence-electron chi connectivity index (χ3n) is 2.51. The molecule has 0 aromatic heterocycles. The topological polar surface area (TPSA) is 77.8 Å². The molecule has 0 aromatic carbocycles. The van der Waals surface area contributed by atoms with Crippen LogP contribution in [-0.4, -0.2) is 46.2 Å². The number of hydrogen-bond donors (Lipinski definition) is 2. The number of piperidine rings is 1. The third kappa shape index (κ3) is 1.98. The van der Waals surface area contributed by atoms with E-state index in [4.69, 9.17) is 10.2 Å². The number of aliphatic carboxylic acids is 2. The van der Waals surface area contributed by atoms with Crippen molar-refractivity contribution in [1.29, 1.82) is 0 Å². The Hall–Kier alpha value is -1.10. The van der Waals surface area contributed by atoms with Gasteiger partial charge in [-0.25, -0.2) is 0 Å². The summed E-state index contributed by atoms with van der Waals surface area (Å²) in [6.07, 6.45) is 1.74. The quantitative estimate of drug-likeness (QED) is 0.636. The Bertz CT molecular complexity index is 206. The summed E-state index contributed by atoms with van der Waals surface area (Å²) in [5.74, 6) is -1.87. The molecule has 0 bridgehead atoms. The SMILES string of the molecule is CN1C(C(=O)O)CCC[C@H]1C(=O)O. The summed E-state index contributed by atoms with van der Waals surface area (Å²) < 4.78 is 0. The molecule has 1 saturated heterocycles. The van der Waals surface area contributed by atoms with Crippen molar-refractivity contribution in [2.45, 2.75) is 31.3 Å². The largest absolute Gasteiger partial charge is 0.480 e. The number of carbonyl (C=O) groups is 2. The van der Waals surface area contributed by atoms with Crippen molar-refractivity contribution in [2.24, 2.45) is 0 Å². The second-order valence-electron chi connectivity index (χ2n) is 3.30. The molecule has 13 heavy (non-hydrogen) atoms. The van der Waals surface area contributed by atoms with Crippen LogP contribution in [0.4, 0.5) is 0 Å². The molecule has 1 unspecified atom stereocenters. The van der Waals surface area contributed by atoms with E-state index in [0.717, 1.165) is 0 Å². The molecule has 5 heteroatoms. The van der Waals surface area contributed by atoms with Crippen LogP contribution >= 0.6 is 0 Å². The minimum Gasteiger partial charge on any atom is -0.480 e. The zero-order chi connectivity index (χ0) is 10.0. The lowest BCUT2D eigenvalue weighted by molar-refractivity contribution is -0.152. The molecule has 5 nitrogen and oxygen atoms in total. The molecule has 0 amide bonds. The lowest BCUT2D eigenvalue weighted by atomic mass is 9.96. The minimum atomic E-state index is -0.937. The molecule has 0 aromatic rings. The summed E-state index contributed by atoms with van der Waals surface area (Å²) in [4.78, 5) is 22.8. The molecular weight excluding hydrogens is 174 g/mol. The van der Waals surface area contributed by atoms with Gasteiger partial charge in [0.15, 0.2) is 0 Å². The minimum absolute atomic E-state index is 0.537. The van der Waals surface area contributed by atoms with E-state index >= 15 is 0 Å². The first kappa shape index (κ1) is 9.98. The molecular formula is C8H13NO4. The van der Waals surface area contributed by atoms with E-state index in [9.17, 15) is 9.59 Å². The van der Waals surface area contributed by atoms with E-state index in [1.807, 2.05) is 0 Å². The van der Waals surface area contributed by atoms with E-state index in [0.29, 0.717) is 19.3 Å². The van der Waals surface area contributed by atoms with E-state index in [1.54, 1.807) is 7.05 Å². The fourth-order valence-corrected chi connectivity index (χ4v) is 1.72. The van der Waals surface area contributed by atoms with Crippen molar-refractivity contribution in [3.8, 4) is 0 Å². The van der Waals surface area contributed by atoms with Crippen molar-refractivity contribution in [1.82, 2.24) is 4.90 Å². The van der Waals surface area contributed by atoms with Crippen molar-refractivity contribution in [3.63, 3.8) is 0 Å². The van der Waals surface area contributed by atoms with E-state index in [2.05, 4.69) is 0 Å². The Labute approximate surface area is 76.0 Å². The van der Waals surface area contributed by atoms with Gasteiger partial charge in [0, 0.05) is 0 Å². The molecule has 1 heterocycles. The molecule has 0 aliphatic carbocycles. The lowest BCUT2D eigenvalue weighted by Crippen LogP contribution is -2.51. The number of likely N-dealkylation sites (N-methyl/N-ethyl adjacent to an activating group) is 1. The molecule has 1 fully saturated rings. The number of carboxylic acids is 2. The van der Waals surface area contributed by atoms with Gasteiger partial charge in [-0.2, -0.15) is 0 Å². The Balaban J connectivity index is 2.71. The van der Waals surface area contributed by atoms with Gasteiger partial charge in [0.1, 0.15) is 12.1 Å². The van der Waals surface area contributed by atoms with Gasteiger partial charge in [0.25, 0.3) is 0 Å². The van der Waals surface area contributed by atoms with Gasteiger partial charge >= 0.3 is 11.9 Å². The normalized spacial score (nSPS) is 29.9. The first-order valence-electron chi connectivity index (χ1n) is 4.21. The summed E-state index contributed by atoms with van der Waals surface area (Å²) >= 11 is 0. The number of nitrogens with zero attached hydrogens (tertiary/aromatic N) is 1. The predicted octanol–water partition coefficient (Wildman–Crippen LogP) is 0.00850. The van der Waals surface area contributed by atoms with Crippen LogP contribution in [0.3, 0.4) is 0 Å². The Morgan fingerprint density at radius 2 is 1.54 bits per heavy atom. The molecule has 74 valence electrons. The molecule has 0 saturated carbocycles. The van der Waals surface area contributed by atoms with Gasteiger partial charge in [0.2, 0.25) is 0 Å². The van der Waals surface area contributed by atoms with Crippen LogP contribution in [0.5, 0.6) is 0 Å². The highest BCUT2D eigenvalue weighted by molar-refractivity contribution is 5.78. The Morgan fingerprint density at radius 1 is 1.15 bits per heavy atom. The lowest BCUT2D eigenvalue weighted by Gasteiger charge is -2.34. The fourth-order valence-electron chi connectivity index (χ4n) is 1.72. The van der Waals surface area contributed by atoms with Crippen LogP contribution in [0.25, 0.3) is 0 Å². The maximum atomic E-state index is 10.7.